The van der Waals surface area contributed by atoms with Crippen molar-refractivity contribution in [3.05, 3.63) is 24.3 Å². The number of hydrogen-bond donors (Lipinski definition) is 2. The van der Waals surface area contributed by atoms with E-state index in [9.17, 15) is 4.79 Å². The summed E-state index contributed by atoms with van der Waals surface area (Å²) in [4.78, 5) is 11.1. The first-order chi connectivity index (χ1) is 5.25. The van der Waals surface area contributed by atoms with E-state index in [4.69, 9.17) is 10.2 Å². The second-order valence-electron chi connectivity index (χ2n) is 2.40. The van der Waals surface area contributed by atoms with Gasteiger partial charge in [-0.05, 0) is 0 Å². The lowest BCUT2D eigenvalue weighted by molar-refractivity contribution is -0.130. The first kappa shape index (κ1) is 8.17. The number of aliphatic hydroxyl groups is 2. The van der Waals surface area contributed by atoms with E-state index in [1.807, 2.05) is 0 Å². The molecule has 0 amide bonds. The van der Waals surface area contributed by atoms with Crippen LogP contribution in [0.1, 0.15) is 0 Å². The predicted octanol–water partition coefficient (Wildman–Crippen LogP) is -0.349. The molecule has 0 heterocycles. The third-order valence-electron chi connectivity index (χ3n) is 1.58. The van der Waals surface area contributed by atoms with Gasteiger partial charge in [0.1, 0.15) is 6.10 Å². The molecule has 1 rings (SSSR count). The topological polar surface area (TPSA) is 57.5 Å². The Bertz CT molecular complexity index is 193. The van der Waals surface area contributed by atoms with E-state index in [0.717, 1.165) is 0 Å². The van der Waals surface area contributed by atoms with Gasteiger partial charge in [-0.2, -0.15) is 0 Å². The van der Waals surface area contributed by atoms with E-state index in [1.54, 1.807) is 24.3 Å². The minimum atomic E-state index is -1.24. The average molecular weight is 154 g/mol. The molecular formula is C8H10O3. The molecule has 0 bridgehead atoms. The van der Waals surface area contributed by atoms with E-state index in [2.05, 4.69) is 0 Å². The van der Waals surface area contributed by atoms with Gasteiger partial charge in [0.15, 0.2) is 5.78 Å². The van der Waals surface area contributed by atoms with E-state index < -0.39 is 12.7 Å². The van der Waals surface area contributed by atoms with Crippen molar-refractivity contribution in [3.8, 4) is 0 Å². The second-order valence-corrected chi connectivity index (χ2v) is 2.40. The highest BCUT2D eigenvalue weighted by atomic mass is 16.3. The molecule has 0 fully saturated rings. The normalized spacial score (nSPS) is 19.1. The maximum absolute atomic E-state index is 11.1. The summed E-state index contributed by atoms with van der Waals surface area (Å²) in [6, 6.07) is 0. The quantitative estimate of drug-likeness (QED) is 0.584. The van der Waals surface area contributed by atoms with Crippen LogP contribution in [0.15, 0.2) is 24.3 Å². The predicted molar refractivity (Wildman–Crippen MR) is 39.9 cm³/mol. The van der Waals surface area contributed by atoms with Gasteiger partial charge in [-0.15, -0.1) is 0 Å². The summed E-state index contributed by atoms with van der Waals surface area (Å²) in [7, 11) is 0. The van der Waals surface area contributed by atoms with Gasteiger partial charge >= 0.3 is 0 Å². The van der Waals surface area contributed by atoms with Gasteiger partial charge in [0.2, 0.25) is 0 Å². The van der Waals surface area contributed by atoms with Crippen molar-refractivity contribution in [2.75, 3.05) is 6.61 Å². The number of aliphatic hydroxyl groups excluding tert-OH is 2. The van der Waals surface area contributed by atoms with Crippen LogP contribution in [0.4, 0.5) is 0 Å². The zero-order chi connectivity index (χ0) is 8.27. The Kier molecular flexibility index (Phi) is 2.57. The van der Waals surface area contributed by atoms with Crippen molar-refractivity contribution in [1.29, 1.82) is 0 Å². The molecule has 60 valence electrons. The highest BCUT2D eigenvalue weighted by Crippen LogP contribution is 2.11. The van der Waals surface area contributed by atoms with E-state index in [-0.39, 0.29) is 11.7 Å². The van der Waals surface area contributed by atoms with Gasteiger partial charge in [0, 0.05) is 0 Å². The second kappa shape index (κ2) is 3.46. The van der Waals surface area contributed by atoms with Crippen LogP contribution >= 0.6 is 0 Å². The van der Waals surface area contributed by atoms with Crippen molar-refractivity contribution in [1.82, 2.24) is 0 Å². The Hall–Kier alpha value is -0.930. The SMILES string of the molecule is O=C(C1C=CC=C1)C(O)CO. The molecule has 1 aliphatic carbocycles. The first-order valence-corrected chi connectivity index (χ1v) is 3.43. The zero-order valence-corrected chi connectivity index (χ0v) is 5.97. The fourth-order valence-electron chi connectivity index (χ4n) is 0.934. The summed E-state index contributed by atoms with van der Waals surface area (Å²) in [5.74, 6) is -0.699. The molecular weight excluding hydrogens is 144 g/mol. The Morgan fingerprint density at radius 3 is 2.45 bits per heavy atom. The Morgan fingerprint density at radius 1 is 1.45 bits per heavy atom. The molecule has 1 atom stereocenters. The maximum Gasteiger partial charge on any atom is 0.174 e. The summed E-state index contributed by atoms with van der Waals surface area (Å²) < 4.78 is 0. The molecule has 0 aromatic carbocycles. The molecule has 2 N–H and O–H groups in total. The van der Waals surface area contributed by atoms with Crippen LogP contribution < -0.4 is 0 Å². The molecule has 3 heteroatoms. The molecule has 0 aliphatic heterocycles. The fourth-order valence-corrected chi connectivity index (χ4v) is 0.934. The third kappa shape index (κ3) is 1.76. The van der Waals surface area contributed by atoms with Gasteiger partial charge in [-0.1, -0.05) is 24.3 Å². The number of hydrogen-bond acceptors (Lipinski definition) is 3. The number of Topliss-reactive ketones (excluding diaryl/α,β-unsaturated/α-hetero) is 1. The standard InChI is InChI=1S/C8H10O3/c9-5-7(10)8(11)6-3-1-2-4-6/h1-4,6-7,9-10H,5H2. The lowest BCUT2D eigenvalue weighted by Crippen LogP contribution is -2.28. The molecule has 0 radical (unpaired) electrons. The minimum Gasteiger partial charge on any atom is -0.393 e. The summed E-state index contributed by atoms with van der Waals surface area (Å²) in [6.45, 7) is -0.503. The van der Waals surface area contributed by atoms with Crippen molar-refractivity contribution < 1.29 is 15.0 Å². The Labute approximate surface area is 64.7 Å². The maximum atomic E-state index is 11.1. The number of carbonyl (C=O) groups excluding carboxylic acids is 1. The molecule has 0 spiro atoms. The van der Waals surface area contributed by atoms with Crippen molar-refractivity contribution in [3.63, 3.8) is 0 Å². The molecule has 1 unspecified atom stereocenters. The van der Waals surface area contributed by atoms with Crippen LogP contribution in [-0.2, 0) is 4.79 Å². The molecule has 1 aliphatic rings. The average Bonchev–Trinajstić information content (AvgIpc) is 2.53. The van der Waals surface area contributed by atoms with Gasteiger partial charge in [-0.25, -0.2) is 0 Å². The van der Waals surface area contributed by atoms with Crippen LogP contribution in [0.3, 0.4) is 0 Å². The van der Waals surface area contributed by atoms with E-state index in [1.165, 1.54) is 0 Å². The minimum absolute atomic E-state index is 0.350. The third-order valence-corrected chi connectivity index (χ3v) is 1.58. The van der Waals surface area contributed by atoms with Gasteiger partial charge in [0.25, 0.3) is 0 Å². The van der Waals surface area contributed by atoms with E-state index in [0.29, 0.717) is 0 Å². The molecule has 3 nitrogen and oxygen atoms in total. The molecule has 0 aromatic rings. The monoisotopic (exact) mass is 154 g/mol. The first-order valence-electron chi connectivity index (χ1n) is 3.43. The highest BCUT2D eigenvalue weighted by molar-refractivity contribution is 5.89. The number of rotatable bonds is 3. The largest absolute Gasteiger partial charge is 0.393 e. The smallest absolute Gasteiger partial charge is 0.174 e. The van der Waals surface area contributed by atoms with Crippen LogP contribution in [0, 0.1) is 5.92 Å². The molecule has 0 saturated heterocycles. The van der Waals surface area contributed by atoms with Crippen LogP contribution in [0.25, 0.3) is 0 Å². The van der Waals surface area contributed by atoms with Crippen molar-refractivity contribution in [2.45, 2.75) is 6.10 Å². The molecule has 11 heavy (non-hydrogen) atoms. The Balaban J connectivity index is 2.54. The molecule has 0 aromatic heterocycles. The number of ketones is 1. The summed E-state index contributed by atoms with van der Waals surface area (Å²) in [5, 5.41) is 17.4. The van der Waals surface area contributed by atoms with Crippen LogP contribution in [0.2, 0.25) is 0 Å². The summed E-state index contributed by atoms with van der Waals surface area (Å²) in [5.41, 5.74) is 0. The van der Waals surface area contributed by atoms with Gasteiger partial charge in [-0.3, -0.25) is 4.79 Å². The number of carbonyl (C=O) groups is 1. The van der Waals surface area contributed by atoms with E-state index >= 15 is 0 Å². The summed E-state index contributed by atoms with van der Waals surface area (Å²) in [6.07, 6.45) is 5.61. The lowest BCUT2D eigenvalue weighted by atomic mass is 10.0. The van der Waals surface area contributed by atoms with Crippen molar-refractivity contribution >= 4 is 5.78 Å². The van der Waals surface area contributed by atoms with Gasteiger partial charge in [0.05, 0.1) is 12.5 Å². The summed E-state index contributed by atoms with van der Waals surface area (Å²) >= 11 is 0. The van der Waals surface area contributed by atoms with Gasteiger partial charge < -0.3 is 10.2 Å². The van der Waals surface area contributed by atoms with Crippen molar-refractivity contribution in [2.24, 2.45) is 5.92 Å². The molecule has 0 saturated carbocycles. The Morgan fingerprint density at radius 2 is 2.00 bits per heavy atom. The number of allylic oxidation sites excluding steroid dienone is 4. The van der Waals surface area contributed by atoms with Crippen LogP contribution in [-0.4, -0.2) is 28.7 Å². The fraction of sp³-hybridized carbons (Fsp3) is 0.375. The highest BCUT2D eigenvalue weighted by Gasteiger charge is 2.21. The van der Waals surface area contributed by atoms with Crippen LogP contribution in [0.5, 0.6) is 0 Å². The lowest BCUT2D eigenvalue weighted by Gasteiger charge is -2.08. The zero-order valence-electron chi connectivity index (χ0n) is 5.97.